The topological polar surface area (TPSA) is 171 Å². The second-order valence-electron chi connectivity index (χ2n) is 10.8. The molecule has 2 heterocycles. The molecule has 0 saturated heterocycles. The number of benzene rings is 3. The van der Waals surface area contributed by atoms with Crippen molar-refractivity contribution in [3.05, 3.63) is 103 Å². The molecule has 5 aromatic rings. The number of hydrogen-bond donors (Lipinski definition) is 5. The number of amides is 3. The molecule has 0 atom stereocenters. The number of unbranched alkanes of at least 4 members (excludes halogenated alkanes) is 3. The monoisotopic (exact) mass is 619 g/mol. The number of nitrogens with one attached hydrogen (secondary N) is 3. The van der Waals surface area contributed by atoms with Crippen LogP contribution in [0.5, 0.6) is 0 Å². The third-order valence-electron chi connectivity index (χ3n) is 7.55. The molecular weight excluding hydrogens is 586 g/mol. The van der Waals surface area contributed by atoms with Gasteiger partial charge < -0.3 is 26.2 Å². The number of aromatic nitrogens is 2. The van der Waals surface area contributed by atoms with Crippen LogP contribution in [0.1, 0.15) is 44.1 Å². The lowest BCUT2D eigenvalue weighted by molar-refractivity contribution is -0.148. The highest BCUT2D eigenvalue weighted by Crippen LogP contribution is 2.30. The first kappa shape index (κ1) is 31.7. The summed E-state index contributed by atoms with van der Waals surface area (Å²) in [5, 5.41) is 30.4. The number of carboxylic acid groups (broad SMARTS) is 1. The number of para-hydroxylation sites is 2. The van der Waals surface area contributed by atoms with Crippen LogP contribution in [0.3, 0.4) is 0 Å². The molecule has 3 aromatic carbocycles. The third-order valence-corrected chi connectivity index (χ3v) is 7.55. The molecule has 11 heteroatoms. The Kier molecular flexibility index (Phi) is 9.94. The van der Waals surface area contributed by atoms with Gasteiger partial charge in [-0.1, -0.05) is 61.4 Å². The highest BCUT2D eigenvalue weighted by molar-refractivity contribution is 6.19. The molecule has 46 heavy (non-hydrogen) atoms. The Morgan fingerprint density at radius 1 is 0.609 bits per heavy atom. The van der Waals surface area contributed by atoms with Crippen molar-refractivity contribution in [1.29, 1.82) is 0 Å². The van der Waals surface area contributed by atoms with Gasteiger partial charge >= 0.3 is 5.97 Å². The van der Waals surface area contributed by atoms with E-state index in [0.29, 0.717) is 40.9 Å². The van der Waals surface area contributed by atoms with Crippen molar-refractivity contribution < 1.29 is 29.4 Å². The van der Waals surface area contributed by atoms with Crippen LogP contribution in [-0.2, 0) is 24.8 Å². The van der Waals surface area contributed by atoms with Crippen molar-refractivity contribution >= 4 is 62.6 Å². The van der Waals surface area contributed by atoms with E-state index in [9.17, 15) is 24.3 Å². The minimum Gasteiger partial charge on any atom is -0.481 e. The summed E-state index contributed by atoms with van der Waals surface area (Å²) in [4.78, 5) is 59.6. The summed E-state index contributed by atoms with van der Waals surface area (Å²) >= 11 is 0. The van der Waals surface area contributed by atoms with E-state index in [1.165, 1.54) is 24.3 Å². The van der Waals surface area contributed by atoms with Gasteiger partial charge in [-0.3, -0.25) is 29.1 Å². The zero-order valence-corrected chi connectivity index (χ0v) is 24.9. The smallest absolute Gasteiger partial charge is 0.303 e. The van der Waals surface area contributed by atoms with Crippen molar-refractivity contribution in [1.82, 2.24) is 9.97 Å². The molecular formula is C35H33N5O6. The zero-order valence-electron chi connectivity index (χ0n) is 24.9. The van der Waals surface area contributed by atoms with Crippen molar-refractivity contribution in [2.24, 2.45) is 0 Å². The number of pyridine rings is 2. The number of aliphatic carboxylic acids is 1. The molecule has 2 aromatic heterocycles. The molecule has 0 aliphatic carbocycles. The molecule has 5 rings (SSSR count). The molecule has 0 fully saturated rings. The van der Waals surface area contributed by atoms with Gasteiger partial charge in [-0.2, -0.15) is 0 Å². The summed E-state index contributed by atoms with van der Waals surface area (Å²) in [6, 6.07) is 23.4. The molecule has 3 amide bonds. The fourth-order valence-corrected chi connectivity index (χ4v) is 5.13. The lowest BCUT2D eigenvalue weighted by Crippen LogP contribution is -2.50. The van der Waals surface area contributed by atoms with Gasteiger partial charge in [0.25, 0.3) is 11.8 Å². The first-order valence-electron chi connectivity index (χ1n) is 14.9. The van der Waals surface area contributed by atoms with Crippen LogP contribution in [0.25, 0.3) is 21.8 Å². The molecule has 0 bridgehead atoms. The number of aliphatic hydroxyl groups is 1. The molecule has 0 saturated carbocycles. The first-order chi connectivity index (χ1) is 22.3. The number of hydrogen-bond acceptors (Lipinski definition) is 7. The van der Waals surface area contributed by atoms with Gasteiger partial charge in [-0.15, -0.1) is 0 Å². The molecule has 234 valence electrons. The minimum atomic E-state index is -2.70. The summed E-state index contributed by atoms with van der Waals surface area (Å²) < 4.78 is 0. The number of anilines is 3. The zero-order chi connectivity index (χ0) is 32.5. The van der Waals surface area contributed by atoms with E-state index in [0.717, 1.165) is 23.6 Å². The normalized spacial score (nSPS) is 11.2. The van der Waals surface area contributed by atoms with Crippen molar-refractivity contribution in [2.45, 2.75) is 44.1 Å². The first-order valence-corrected chi connectivity index (χ1v) is 14.9. The second kappa shape index (κ2) is 14.4. The Hall–Kier alpha value is -5.68. The molecule has 5 N–H and O–H groups in total. The number of carbonyl (C=O) groups excluding carboxylic acids is 3. The van der Waals surface area contributed by atoms with Crippen LogP contribution in [0.2, 0.25) is 0 Å². The number of nitrogens with zero attached hydrogens (tertiary/aromatic N) is 2. The van der Waals surface area contributed by atoms with Gasteiger partial charge in [-0.05, 0) is 49.2 Å². The molecule has 0 aliphatic rings. The summed E-state index contributed by atoms with van der Waals surface area (Å²) in [6.07, 6.45) is 6.15. The quantitative estimate of drug-likeness (QED) is 0.0836. The van der Waals surface area contributed by atoms with Crippen molar-refractivity contribution in [2.75, 3.05) is 16.0 Å². The van der Waals surface area contributed by atoms with Gasteiger partial charge in [0, 0.05) is 47.3 Å². The van der Waals surface area contributed by atoms with Gasteiger partial charge in [0.15, 0.2) is 0 Å². The van der Waals surface area contributed by atoms with E-state index in [1.807, 2.05) is 24.3 Å². The van der Waals surface area contributed by atoms with Gasteiger partial charge in [0.2, 0.25) is 11.5 Å². The van der Waals surface area contributed by atoms with E-state index in [1.54, 1.807) is 48.8 Å². The molecule has 0 spiro atoms. The van der Waals surface area contributed by atoms with Crippen LogP contribution >= 0.6 is 0 Å². The minimum absolute atomic E-state index is 0.0275. The summed E-state index contributed by atoms with van der Waals surface area (Å²) in [5.41, 5.74) is -0.717. The average molecular weight is 620 g/mol. The lowest BCUT2D eigenvalue weighted by atomic mass is 9.91. The van der Waals surface area contributed by atoms with Crippen LogP contribution in [0.4, 0.5) is 17.1 Å². The summed E-state index contributed by atoms with van der Waals surface area (Å²) in [6.45, 7) is 0. The number of carboxylic acids is 1. The predicted octanol–water partition coefficient (Wildman–Crippen LogP) is 5.61. The number of carbonyl (C=O) groups is 4. The van der Waals surface area contributed by atoms with Crippen molar-refractivity contribution in [3.8, 4) is 0 Å². The maximum absolute atomic E-state index is 13.9. The highest BCUT2D eigenvalue weighted by Gasteiger charge is 2.46. The van der Waals surface area contributed by atoms with Crippen LogP contribution < -0.4 is 16.0 Å². The number of fused-ring (bicyclic) bond motifs is 2. The predicted molar refractivity (Wildman–Crippen MR) is 175 cm³/mol. The maximum Gasteiger partial charge on any atom is 0.303 e. The van der Waals surface area contributed by atoms with Crippen LogP contribution in [0, 0.1) is 0 Å². The maximum atomic E-state index is 13.9. The molecule has 0 radical (unpaired) electrons. The Balaban J connectivity index is 1.37. The Labute approximate surface area is 264 Å². The van der Waals surface area contributed by atoms with E-state index < -0.39 is 23.4 Å². The van der Waals surface area contributed by atoms with Gasteiger partial charge in [0.1, 0.15) is 0 Å². The van der Waals surface area contributed by atoms with E-state index in [2.05, 4.69) is 25.9 Å². The Morgan fingerprint density at radius 2 is 1.11 bits per heavy atom. The van der Waals surface area contributed by atoms with E-state index in [-0.39, 0.29) is 24.3 Å². The van der Waals surface area contributed by atoms with E-state index in [4.69, 9.17) is 5.11 Å². The average Bonchev–Trinajstić information content (AvgIpc) is 3.06. The fourth-order valence-electron chi connectivity index (χ4n) is 5.13. The standard InChI is InChI=1S/C35H33N5O6/c41-29(15-3-1-2-4-16-30(42)43)38-26-19-17-25(18-20-26)35(46,33(44)39-27-13-5-9-23-11-7-21-36-31(23)27)34(45)40-28-14-6-10-24-12-8-22-37-32(24)28/h5-14,17-22,46H,1-4,15-16H2,(H,38,41)(H,39,44)(H,40,45)(H,42,43). The molecule has 0 unspecified atom stereocenters. The Morgan fingerprint density at radius 3 is 1.63 bits per heavy atom. The largest absolute Gasteiger partial charge is 0.481 e. The SMILES string of the molecule is O=C(O)CCCCCCC(=O)Nc1ccc(C(O)(C(=O)Nc2cccc3cccnc23)C(=O)Nc2cccc3cccnc23)cc1. The van der Waals surface area contributed by atoms with Crippen LogP contribution in [-0.4, -0.2) is 43.9 Å². The lowest BCUT2D eigenvalue weighted by Gasteiger charge is -2.27. The third kappa shape index (κ3) is 7.33. The van der Waals surface area contributed by atoms with Crippen molar-refractivity contribution in [3.63, 3.8) is 0 Å². The fraction of sp³-hybridized carbons (Fsp3) is 0.200. The summed E-state index contributed by atoms with van der Waals surface area (Å²) in [5.74, 6) is -3.07. The Bertz CT molecular complexity index is 1790. The van der Waals surface area contributed by atoms with Gasteiger partial charge in [0.05, 0.1) is 22.4 Å². The van der Waals surface area contributed by atoms with Crippen LogP contribution in [0.15, 0.2) is 97.3 Å². The number of rotatable bonds is 13. The molecule has 11 nitrogen and oxygen atoms in total. The second-order valence-corrected chi connectivity index (χ2v) is 10.8. The highest BCUT2D eigenvalue weighted by atomic mass is 16.4. The van der Waals surface area contributed by atoms with Gasteiger partial charge in [-0.25, -0.2) is 0 Å². The summed E-state index contributed by atoms with van der Waals surface area (Å²) in [7, 11) is 0. The molecule has 0 aliphatic heterocycles. The van der Waals surface area contributed by atoms with E-state index >= 15 is 0 Å².